The van der Waals surface area contributed by atoms with Crippen molar-refractivity contribution in [1.29, 1.82) is 0 Å². The first-order chi connectivity index (χ1) is 16.2. The molecular formula is C24H20F3N5O2. The van der Waals surface area contributed by atoms with Gasteiger partial charge >= 0.3 is 6.18 Å². The van der Waals surface area contributed by atoms with Crippen LogP contribution in [0.3, 0.4) is 0 Å². The van der Waals surface area contributed by atoms with Gasteiger partial charge in [0.05, 0.1) is 11.1 Å². The van der Waals surface area contributed by atoms with Crippen LogP contribution in [0.4, 0.5) is 24.7 Å². The Morgan fingerprint density at radius 1 is 1.03 bits per heavy atom. The molecule has 0 aliphatic heterocycles. The van der Waals surface area contributed by atoms with E-state index >= 15 is 0 Å². The van der Waals surface area contributed by atoms with E-state index in [0.29, 0.717) is 11.5 Å². The molecule has 0 aliphatic rings. The van der Waals surface area contributed by atoms with Crippen molar-refractivity contribution in [2.75, 3.05) is 17.7 Å². The number of pyridine rings is 3. The molecule has 0 saturated carbocycles. The highest BCUT2D eigenvalue weighted by atomic mass is 19.4. The largest absolute Gasteiger partial charge is 0.418 e. The number of rotatable bonds is 5. The average molecular weight is 467 g/mol. The monoisotopic (exact) mass is 467 g/mol. The van der Waals surface area contributed by atoms with E-state index in [-0.39, 0.29) is 5.56 Å². The van der Waals surface area contributed by atoms with Crippen LogP contribution in [0, 0.1) is 6.92 Å². The highest BCUT2D eigenvalue weighted by Gasteiger charge is 2.39. The fourth-order valence-electron chi connectivity index (χ4n) is 3.44. The fraction of sp³-hybridized carbons (Fsp3) is 0.167. The second-order valence-corrected chi connectivity index (χ2v) is 7.67. The summed E-state index contributed by atoms with van der Waals surface area (Å²) in [7, 11) is 1.77. The highest BCUT2D eigenvalue weighted by molar-refractivity contribution is 6.04. The Bertz CT molecular complexity index is 1370. The Kier molecular flexibility index (Phi) is 6.16. The van der Waals surface area contributed by atoms with Gasteiger partial charge in [0.25, 0.3) is 5.91 Å². The van der Waals surface area contributed by atoms with Crippen molar-refractivity contribution >= 4 is 28.3 Å². The lowest BCUT2D eigenvalue weighted by atomic mass is 10.00. The number of benzene rings is 1. The number of carbonyl (C=O) groups is 1. The minimum absolute atomic E-state index is 0.110. The average Bonchev–Trinajstić information content (AvgIpc) is 2.83. The van der Waals surface area contributed by atoms with Crippen molar-refractivity contribution < 1.29 is 23.1 Å². The maximum absolute atomic E-state index is 12.8. The predicted octanol–water partition coefficient (Wildman–Crippen LogP) is 4.89. The molecule has 3 aromatic heterocycles. The van der Waals surface area contributed by atoms with Gasteiger partial charge in [-0.2, -0.15) is 13.2 Å². The number of halogens is 3. The van der Waals surface area contributed by atoms with Crippen LogP contribution >= 0.6 is 0 Å². The van der Waals surface area contributed by atoms with Gasteiger partial charge in [-0.05, 0) is 42.3 Å². The Morgan fingerprint density at radius 3 is 2.56 bits per heavy atom. The quantitative estimate of drug-likeness (QED) is 0.387. The first-order valence-corrected chi connectivity index (χ1v) is 10.2. The molecule has 3 heterocycles. The molecule has 7 nitrogen and oxygen atoms in total. The standard InChI is InChI=1S/C24H20F3N5O2/c1-13-3-4-18(32-23(34)17-6-16(9-29-10-17)22(33)24(25,26)27)7-19(13)14-5-15-12-31-21(28-2)8-20(15)30-11-14/h3-12,22,33H,1-2H3,(H,28,31)(H,32,34). The van der Waals surface area contributed by atoms with Crippen molar-refractivity contribution in [3.8, 4) is 11.1 Å². The van der Waals surface area contributed by atoms with Crippen LogP contribution in [0.1, 0.15) is 27.6 Å². The number of fused-ring (bicyclic) bond motifs is 1. The third kappa shape index (κ3) is 4.81. The smallest absolute Gasteiger partial charge is 0.379 e. The van der Waals surface area contributed by atoms with E-state index in [1.54, 1.807) is 31.6 Å². The van der Waals surface area contributed by atoms with E-state index in [0.717, 1.165) is 46.1 Å². The van der Waals surface area contributed by atoms with Gasteiger partial charge in [-0.25, -0.2) is 4.98 Å². The molecular weight excluding hydrogens is 447 g/mol. The number of amides is 1. The minimum atomic E-state index is -4.86. The lowest BCUT2D eigenvalue weighted by molar-refractivity contribution is -0.206. The summed E-state index contributed by atoms with van der Waals surface area (Å²) in [6.07, 6.45) is -2.13. The summed E-state index contributed by atoms with van der Waals surface area (Å²) in [6, 6.07) is 10.0. The number of nitrogens with zero attached hydrogens (tertiary/aromatic N) is 3. The molecule has 0 saturated heterocycles. The van der Waals surface area contributed by atoms with Crippen molar-refractivity contribution in [2.24, 2.45) is 0 Å². The summed E-state index contributed by atoms with van der Waals surface area (Å²) in [5.74, 6) is 0.0499. The van der Waals surface area contributed by atoms with Crippen molar-refractivity contribution in [2.45, 2.75) is 19.2 Å². The third-order valence-electron chi connectivity index (χ3n) is 5.28. The zero-order chi connectivity index (χ0) is 24.5. The molecule has 1 unspecified atom stereocenters. The maximum atomic E-state index is 12.8. The Balaban J connectivity index is 1.61. The lowest BCUT2D eigenvalue weighted by Crippen LogP contribution is -2.21. The van der Waals surface area contributed by atoms with E-state index in [1.807, 2.05) is 25.1 Å². The number of aliphatic hydroxyl groups is 1. The second kappa shape index (κ2) is 9.06. The van der Waals surface area contributed by atoms with Gasteiger partial charge in [-0.3, -0.25) is 14.8 Å². The zero-order valence-electron chi connectivity index (χ0n) is 18.2. The van der Waals surface area contributed by atoms with E-state index in [9.17, 15) is 23.1 Å². The normalized spacial score (nSPS) is 12.4. The molecule has 174 valence electrons. The molecule has 0 spiro atoms. The fourth-order valence-corrected chi connectivity index (χ4v) is 3.44. The number of hydrogen-bond acceptors (Lipinski definition) is 6. The van der Waals surface area contributed by atoms with E-state index in [1.165, 1.54) is 0 Å². The van der Waals surface area contributed by atoms with Gasteiger partial charge in [-0.1, -0.05) is 6.07 Å². The number of nitrogens with one attached hydrogen (secondary N) is 2. The van der Waals surface area contributed by atoms with Crippen LogP contribution in [-0.2, 0) is 0 Å². The number of aryl methyl sites for hydroxylation is 1. The van der Waals surface area contributed by atoms with E-state index < -0.39 is 23.8 Å². The van der Waals surface area contributed by atoms with Crippen LogP contribution in [0.25, 0.3) is 22.0 Å². The number of carbonyl (C=O) groups excluding carboxylic acids is 1. The molecule has 1 amide bonds. The van der Waals surface area contributed by atoms with Crippen LogP contribution < -0.4 is 10.6 Å². The molecule has 0 bridgehead atoms. The summed E-state index contributed by atoms with van der Waals surface area (Å²) in [5.41, 5.74) is 3.18. The minimum Gasteiger partial charge on any atom is -0.379 e. The van der Waals surface area contributed by atoms with Crippen molar-refractivity contribution in [3.05, 3.63) is 77.9 Å². The van der Waals surface area contributed by atoms with Gasteiger partial charge in [0.2, 0.25) is 0 Å². The Morgan fingerprint density at radius 2 is 1.82 bits per heavy atom. The van der Waals surface area contributed by atoms with Crippen LogP contribution in [0.5, 0.6) is 0 Å². The van der Waals surface area contributed by atoms with E-state index in [4.69, 9.17) is 0 Å². The van der Waals surface area contributed by atoms with Crippen molar-refractivity contribution in [1.82, 2.24) is 15.0 Å². The van der Waals surface area contributed by atoms with Gasteiger partial charge < -0.3 is 15.7 Å². The van der Waals surface area contributed by atoms with Crippen molar-refractivity contribution in [3.63, 3.8) is 0 Å². The summed E-state index contributed by atoms with van der Waals surface area (Å²) in [5, 5.41) is 15.9. The van der Waals surface area contributed by atoms with Gasteiger partial charge in [0.1, 0.15) is 5.82 Å². The van der Waals surface area contributed by atoms with Gasteiger partial charge in [-0.15, -0.1) is 0 Å². The van der Waals surface area contributed by atoms with Crippen LogP contribution in [-0.4, -0.2) is 39.2 Å². The summed E-state index contributed by atoms with van der Waals surface area (Å²) in [4.78, 5) is 25.1. The van der Waals surface area contributed by atoms with Gasteiger partial charge in [0.15, 0.2) is 6.10 Å². The molecule has 0 fully saturated rings. The maximum Gasteiger partial charge on any atom is 0.418 e. The van der Waals surface area contributed by atoms with Gasteiger partial charge in [0, 0.05) is 60.1 Å². The number of hydrogen-bond donors (Lipinski definition) is 3. The Hall–Kier alpha value is -4.05. The third-order valence-corrected chi connectivity index (χ3v) is 5.28. The topological polar surface area (TPSA) is 100 Å². The van der Waals surface area contributed by atoms with Crippen LogP contribution in [0.15, 0.2) is 61.2 Å². The SMILES string of the molecule is CNc1cc2ncc(-c3cc(NC(=O)c4cncc(C(O)C(F)(F)F)c4)ccc3C)cc2cn1. The molecule has 4 rings (SSSR count). The molecule has 1 atom stereocenters. The van der Waals surface area contributed by atoms with E-state index in [2.05, 4.69) is 25.6 Å². The molecule has 34 heavy (non-hydrogen) atoms. The van der Waals surface area contributed by atoms with Crippen LogP contribution in [0.2, 0.25) is 0 Å². The molecule has 4 aromatic rings. The molecule has 3 N–H and O–H groups in total. The Labute approximate surface area is 192 Å². The number of alkyl halides is 3. The predicted molar refractivity (Wildman–Crippen MR) is 122 cm³/mol. The first-order valence-electron chi connectivity index (χ1n) is 10.2. The molecule has 10 heteroatoms. The first kappa shape index (κ1) is 23.1. The summed E-state index contributed by atoms with van der Waals surface area (Å²) in [6.45, 7) is 1.92. The summed E-state index contributed by atoms with van der Waals surface area (Å²) < 4.78 is 38.4. The molecule has 0 aliphatic carbocycles. The number of aliphatic hydroxyl groups excluding tert-OH is 1. The molecule has 0 radical (unpaired) electrons. The second-order valence-electron chi connectivity index (χ2n) is 7.67. The molecule has 1 aromatic carbocycles. The highest BCUT2D eigenvalue weighted by Crippen LogP contribution is 2.32. The number of anilines is 2. The number of aromatic nitrogens is 3. The summed E-state index contributed by atoms with van der Waals surface area (Å²) >= 11 is 0. The lowest BCUT2D eigenvalue weighted by Gasteiger charge is -2.15. The zero-order valence-corrected chi connectivity index (χ0v) is 18.2.